The summed E-state index contributed by atoms with van der Waals surface area (Å²) >= 11 is 0. The van der Waals surface area contributed by atoms with E-state index in [2.05, 4.69) is 5.10 Å². The molecule has 0 radical (unpaired) electrons. The van der Waals surface area contributed by atoms with Crippen LogP contribution in [-0.2, 0) is 6.54 Å². The minimum Gasteiger partial charge on any atom is -0.341 e. The first-order chi connectivity index (χ1) is 7.89. The molecule has 0 spiro atoms. The Hall–Kier alpha value is -1.07. The van der Waals surface area contributed by atoms with Crippen molar-refractivity contribution in [3.05, 3.63) is 18.0 Å². The van der Waals surface area contributed by atoms with E-state index in [0.29, 0.717) is 18.7 Å². The summed E-state index contributed by atoms with van der Waals surface area (Å²) in [5.41, 5.74) is 6.23. The standard InChI is InChI=1S/C12H22N4O.ClH/c1-5-16-7-10(6-14-16)11(17)15(4)9-12(2,3)8-13;/h6-7H,5,8-9,13H2,1-4H3;1H. The Morgan fingerprint density at radius 3 is 2.61 bits per heavy atom. The minimum absolute atomic E-state index is 0. The summed E-state index contributed by atoms with van der Waals surface area (Å²) in [7, 11) is 1.79. The van der Waals surface area contributed by atoms with Crippen LogP contribution in [0, 0.1) is 5.41 Å². The number of amides is 1. The van der Waals surface area contributed by atoms with Crippen LogP contribution in [0.2, 0.25) is 0 Å². The van der Waals surface area contributed by atoms with Crippen LogP contribution in [0.3, 0.4) is 0 Å². The van der Waals surface area contributed by atoms with Gasteiger partial charge in [-0.1, -0.05) is 13.8 Å². The number of aryl methyl sites for hydroxylation is 1. The van der Waals surface area contributed by atoms with Crippen molar-refractivity contribution in [2.45, 2.75) is 27.3 Å². The highest BCUT2D eigenvalue weighted by Gasteiger charge is 2.22. The third-order valence-corrected chi connectivity index (χ3v) is 2.77. The fourth-order valence-corrected chi connectivity index (χ4v) is 1.65. The second-order valence-electron chi connectivity index (χ2n) is 5.11. The third kappa shape index (κ3) is 4.31. The molecule has 1 aromatic rings. The van der Waals surface area contributed by atoms with Crippen molar-refractivity contribution in [2.75, 3.05) is 20.1 Å². The maximum atomic E-state index is 12.1. The summed E-state index contributed by atoms with van der Waals surface area (Å²) in [4.78, 5) is 13.8. The molecule has 1 aromatic heterocycles. The first-order valence-electron chi connectivity index (χ1n) is 5.87. The van der Waals surface area contributed by atoms with Gasteiger partial charge in [-0.2, -0.15) is 5.10 Å². The Labute approximate surface area is 115 Å². The Morgan fingerprint density at radius 1 is 1.56 bits per heavy atom. The minimum atomic E-state index is -0.0643. The zero-order valence-electron chi connectivity index (χ0n) is 11.5. The van der Waals surface area contributed by atoms with Gasteiger partial charge >= 0.3 is 0 Å². The van der Waals surface area contributed by atoms with Gasteiger partial charge in [0.1, 0.15) is 0 Å². The van der Waals surface area contributed by atoms with Crippen molar-refractivity contribution >= 4 is 18.3 Å². The van der Waals surface area contributed by atoms with Gasteiger partial charge in [0.05, 0.1) is 11.8 Å². The average molecular weight is 275 g/mol. The average Bonchev–Trinajstić information content (AvgIpc) is 2.76. The lowest BCUT2D eigenvalue weighted by Crippen LogP contribution is -2.39. The molecule has 0 aliphatic heterocycles. The van der Waals surface area contributed by atoms with Crippen LogP contribution < -0.4 is 5.73 Å². The Morgan fingerprint density at radius 2 is 2.17 bits per heavy atom. The fourth-order valence-electron chi connectivity index (χ4n) is 1.65. The van der Waals surface area contributed by atoms with E-state index in [9.17, 15) is 4.79 Å². The van der Waals surface area contributed by atoms with E-state index >= 15 is 0 Å². The van der Waals surface area contributed by atoms with Gasteiger partial charge in [0.2, 0.25) is 0 Å². The van der Waals surface area contributed by atoms with E-state index in [0.717, 1.165) is 6.54 Å². The highest BCUT2D eigenvalue weighted by atomic mass is 35.5. The fraction of sp³-hybridized carbons (Fsp3) is 0.667. The Bertz CT molecular complexity index is 389. The van der Waals surface area contributed by atoms with Crippen molar-refractivity contribution in [3.63, 3.8) is 0 Å². The number of nitrogens with two attached hydrogens (primary N) is 1. The number of hydrogen-bond acceptors (Lipinski definition) is 3. The second kappa shape index (κ2) is 6.75. The van der Waals surface area contributed by atoms with E-state index in [-0.39, 0.29) is 23.7 Å². The smallest absolute Gasteiger partial charge is 0.256 e. The molecule has 1 amide bonds. The van der Waals surface area contributed by atoms with Crippen LogP contribution in [0.25, 0.3) is 0 Å². The summed E-state index contributed by atoms with van der Waals surface area (Å²) in [6.07, 6.45) is 3.38. The van der Waals surface area contributed by atoms with Crippen LogP contribution in [0.1, 0.15) is 31.1 Å². The first kappa shape index (κ1) is 16.9. The maximum absolute atomic E-state index is 12.1. The molecular formula is C12H23ClN4O. The molecule has 1 rings (SSSR count). The van der Waals surface area contributed by atoms with Crippen molar-refractivity contribution < 1.29 is 4.79 Å². The topological polar surface area (TPSA) is 64.2 Å². The van der Waals surface area contributed by atoms with E-state index in [4.69, 9.17) is 5.73 Å². The normalized spacial score (nSPS) is 10.9. The van der Waals surface area contributed by atoms with Crippen LogP contribution in [-0.4, -0.2) is 40.7 Å². The predicted octanol–water partition coefficient (Wildman–Crippen LogP) is 1.38. The van der Waals surface area contributed by atoms with Crippen molar-refractivity contribution in [3.8, 4) is 0 Å². The molecule has 0 aliphatic rings. The molecule has 5 nitrogen and oxygen atoms in total. The van der Waals surface area contributed by atoms with E-state index < -0.39 is 0 Å². The van der Waals surface area contributed by atoms with Gasteiger partial charge in [0.15, 0.2) is 0 Å². The molecule has 0 fully saturated rings. The Balaban J connectivity index is 0.00000289. The summed E-state index contributed by atoms with van der Waals surface area (Å²) < 4.78 is 1.75. The summed E-state index contributed by atoms with van der Waals surface area (Å²) in [5, 5.41) is 4.10. The van der Waals surface area contributed by atoms with Gasteiger partial charge in [-0.15, -0.1) is 12.4 Å². The van der Waals surface area contributed by atoms with Crippen LogP contribution in [0.4, 0.5) is 0 Å². The molecule has 0 unspecified atom stereocenters. The zero-order chi connectivity index (χ0) is 13.1. The van der Waals surface area contributed by atoms with Gasteiger partial charge in [-0.05, 0) is 18.9 Å². The second-order valence-corrected chi connectivity index (χ2v) is 5.11. The number of nitrogens with zero attached hydrogens (tertiary/aromatic N) is 3. The highest BCUT2D eigenvalue weighted by Crippen LogP contribution is 2.15. The van der Waals surface area contributed by atoms with E-state index in [1.807, 2.05) is 20.8 Å². The number of hydrogen-bond donors (Lipinski definition) is 1. The molecule has 0 aliphatic carbocycles. The number of rotatable bonds is 5. The molecule has 104 valence electrons. The van der Waals surface area contributed by atoms with Gasteiger partial charge < -0.3 is 10.6 Å². The van der Waals surface area contributed by atoms with Crippen LogP contribution in [0.15, 0.2) is 12.4 Å². The predicted molar refractivity (Wildman–Crippen MR) is 74.9 cm³/mol. The van der Waals surface area contributed by atoms with Crippen molar-refractivity contribution in [2.24, 2.45) is 11.1 Å². The van der Waals surface area contributed by atoms with Crippen LogP contribution >= 0.6 is 12.4 Å². The molecule has 2 N–H and O–H groups in total. The molecule has 1 heterocycles. The van der Waals surface area contributed by atoms with Gasteiger partial charge in [0.25, 0.3) is 5.91 Å². The number of halogens is 1. The molecule has 0 saturated carbocycles. The molecule has 0 aromatic carbocycles. The van der Waals surface area contributed by atoms with E-state index in [1.54, 1.807) is 29.0 Å². The number of carbonyl (C=O) groups excluding carboxylic acids is 1. The largest absolute Gasteiger partial charge is 0.341 e. The lowest BCUT2D eigenvalue weighted by atomic mass is 9.93. The van der Waals surface area contributed by atoms with Gasteiger partial charge in [0, 0.05) is 26.3 Å². The van der Waals surface area contributed by atoms with Gasteiger partial charge in [-0.25, -0.2) is 0 Å². The summed E-state index contributed by atoms with van der Waals surface area (Å²) in [6.45, 7) is 8.05. The van der Waals surface area contributed by atoms with Crippen molar-refractivity contribution in [1.82, 2.24) is 14.7 Å². The molecule has 0 bridgehead atoms. The SMILES string of the molecule is CCn1cc(C(=O)N(C)CC(C)(C)CN)cn1.Cl. The van der Waals surface area contributed by atoms with Crippen molar-refractivity contribution in [1.29, 1.82) is 0 Å². The zero-order valence-corrected chi connectivity index (χ0v) is 12.3. The van der Waals surface area contributed by atoms with Crippen LogP contribution in [0.5, 0.6) is 0 Å². The Kier molecular flexibility index (Phi) is 6.35. The number of aromatic nitrogens is 2. The number of carbonyl (C=O) groups is 1. The lowest BCUT2D eigenvalue weighted by Gasteiger charge is -2.28. The quantitative estimate of drug-likeness (QED) is 0.882. The highest BCUT2D eigenvalue weighted by molar-refractivity contribution is 5.93. The first-order valence-corrected chi connectivity index (χ1v) is 5.87. The maximum Gasteiger partial charge on any atom is 0.256 e. The molecule has 18 heavy (non-hydrogen) atoms. The molecule has 0 saturated heterocycles. The molecule has 6 heteroatoms. The molecule has 0 atom stereocenters. The summed E-state index contributed by atoms with van der Waals surface area (Å²) in [6, 6.07) is 0. The lowest BCUT2D eigenvalue weighted by molar-refractivity contribution is 0.0740. The van der Waals surface area contributed by atoms with Gasteiger partial charge in [-0.3, -0.25) is 9.48 Å². The third-order valence-electron chi connectivity index (χ3n) is 2.77. The van der Waals surface area contributed by atoms with E-state index in [1.165, 1.54) is 0 Å². The monoisotopic (exact) mass is 274 g/mol. The molecular weight excluding hydrogens is 252 g/mol. The summed E-state index contributed by atoms with van der Waals surface area (Å²) in [5.74, 6) is -0.00812.